The van der Waals surface area contributed by atoms with Gasteiger partial charge < -0.3 is 20.1 Å². The maximum Gasteiger partial charge on any atom is 0.345 e. The molecular weight excluding hydrogens is 408 g/mol. The highest BCUT2D eigenvalue weighted by Gasteiger charge is 2.29. The topological polar surface area (TPSA) is 74.5 Å². The van der Waals surface area contributed by atoms with E-state index in [-0.39, 0.29) is 0 Å². The summed E-state index contributed by atoms with van der Waals surface area (Å²) in [6.45, 7) is 5.06. The van der Waals surface area contributed by atoms with Crippen molar-refractivity contribution in [1.82, 2.24) is 9.88 Å². The molecule has 2 aromatic heterocycles. The molecule has 31 heavy (non-hydrogen) atoms. The number of aliphatic hydroxyl groups is 1. The lowest BCUT2D eigenvalue weighted by Crippen LogP contribution is -2.34. The zero-order chi connectivity index (χ0) is 22.0. The monoisotopic (exact) mass is 440 g/mol. The number of aliphatic hydroxyl groups excluding tert-OH is 1. The predicted octanol–water partition coefficient (Wildman–Crippen LogP) is 5.47. The first-order chi connectivity index (χ1) is 15.0. The first kappa shape index (κ1) is 22.1. The second-order valence-corrected chi connectivity index (χ2v) is 9.97. The zero-order valence-electron chi connectivity index (χ0n) is 18.3. The quantitative estimate of drug-likeness (QED) is 0.434. The highest BCUT2D eigenvalue weighted by Crippen LogP contribution is 2.46. The average Bonchev–Trinajstić information content (AvgIpc) is 3.32. The molecule has 1 aromatic carbocycles. The molecule has 166 valence electrons. The van der Waals surface area contributed by atoms with E-state index in [1.54, 1.807) is 6.07 Å². The average molecular weight is 441 g/mol. The lowest BCUT2D eigenvalue weighted by Gasteiger charge is -2.24. The second kappa shape index (κ2) is 9.55. The molecule has 1 atom stereocenters. The van der Waals surface area contributed by atoms with Crippen LogP contribution in [0, 0.1) is 0 Å². The Morgan fingerprint density at radius 2 is 1.90 bits per heavy atom. The molecule has 2 heterocycles. The predicted molar refractivity (Wildman–Crippen MR) is 127 cm³/mol. The first-order valence-corrected chi connectivity index (χ1v) is 12.1. The number of benzene rings is 1. The minimum Gasteiger partial charge on any atom is -0.477 e. The molecule has 5 nitrogen and oxygen atoms in total. The molecule has 1 aliphatic rings. The minimum absolute atomic E-state index is 0.297. The van der Waals surface area contributed by atoms with Crippen LogP contribution in [-0.2, 0) is 6.54 Å². The summed E-state index contributed by atoms with van der Waals surface area (Å²) in [5.74, 6) is -0.454. The fourth-order valence-corrected chi connectivity index (χ4v) is 5.89. The van der Waals surface area contributed by atoms with Crippen molar-refractivity contribution < 1.29 is 15.0 Å². The van der Waals surface area contributed by atoms with Gasteiger partial charge in [0.25, 0.3) is 0 Å². The second-order valence-electron chi connectivity index (χ2n) is 8.92. The van der Waals surface area contributed by atoms with Crippen LogP contribution < -0.4 is 5.32 Å². The van der Waals surface area contributed by atoms with Crippen LogP contribution in [0.1, 0.15) is 67.1 Å². The third-order valence-electron chi connectivity index (χ3n) is 6.20. The fraction of sp³-hybridized carbons (Fsp3) is 0.480. The molecule has 1 saturated carbocycles. The van der Waals surface area contributed by atoms with E-state index >= 15 is 0 Å². The molecule has 0 bridgehead atoms. The molecule has 1 aliphatic carbocycles. The summed E-state index contributed by atoms with van der Waals surface area (Å²) in [6.07, 6.45) is 5.40. The van der Waals surface area contributed by atoms with Crippen LogP contribution >= 0.6 is 11.3 Å². The summed E-state index contributed by atoms with van der Waals surface area (Å²) in [6, 6.07) is 12.4. The highest BCUT2D eigenvalue weighted by atomic mass is 32.1. The van der Waals surface area contributed by atoms with Gasteiger partial charge in [0.15, 0.2) is 0 Å². The Bertz CT molecular complexity index is 1030. The molecule has 0 amide bonds. The summed E-state index contributed by atoms with van der Waals surface area (Å²) in [5.41, 5.74) is 4.49. The van der Waals surface area contributed by atoms with Gasteiger partial charge in [-0.05, 0) is 36.0 Å². The standard InChI is InChI=1S/C25H32N2O3S/c1-16(2)26-14-19(28)15-27-20-13-21(25(29)30)31-24(20)22(17-9-5-3-6-10-17)23(27)18-11-7-4-8-12-18/h4,7-8,11-13,16-17,19,26,28H,3,5-6,9-10,14-15H2,1-2H3,(H,29,30). The Balaban J connectivity index is 1.88. The Labute approximate surface area is 187 Å². The van der Waals surface area contributed by atoms with Gasteiger partial charge in [-0.2, -0.15) is 0 Å². The molecule has 0 saturated heterocycles. The number of rotatable bonds is 8. The molecule has 1 unspecified atom stereocenters. The number of aromatic nitrogens is 1. The number of carbonyl (C=O) groups is 1. The van der Waals surface area contributed by atoms with Gasteiger partial charge >= 0.3 is 5.97 Å². The molecule has 0 radical (unpaired) electrons. The van der Waals surface area contributed by atoms with Gasteiger partial charge in [0.05, 0.1) is 28.6 Å². The van der Waals surface area contributed by atoms with Gasteiger partial charge in [0, 0.05) is 12.6 Å². The number of hydrogen-bond donors (Lipinski definition) is 3. The molecule has 1 fully saturated rings. The van der Waals surface area contributed by atoms with Crippen LogP contribution in [0.5, 0.6) is 0 Å². The largest absolute Gasteiger partial charge is 0.477 e. The number of thiophene rings is 1. The van der Waals surface area contributed by atoms with Crippen molar-refractivity contribution in [2.75, 3.05) is 6.54 Å². The Morgan fingerprint density at radius 1 is 1.19 bits per heavy atom. The van der Waals surface area contributed by atoms with Crippen molar-refractivity contribution >= 4 is 27.5 Å². The lowest BCUT2D eigenvalue weighted by molar-refractivity contribution is 0.0702. The van der Waals surface area contributed by atoms with Crippen molar-refractivity contribution in [3.05, 3.63) is 46.8 Å². The number of carboxylic acid groups (broad SMARTS) is 1. The van der Waals surface area contributed by atoms with Crippen LogP contribution in [0.25, 0.3) is 21.5 Å². The van der Waals surface area contributed by atoms with Gasteiger partial charge in [-0.1, -0.05) is 63.4 Å². The van der Waals surface area contributed by atoms with Crippen LogP contribution in [0.2, 0.25) is 0 Å². The zero-order valence-corrected chi connectivity index (χ0v) is 19.1. The third kappa shape index (κ3) is 4.71. The first-order valence-electron chi connectivity index (χ1n) is 11.3. The number of nitrogens with one attached hydrogen (secondary N) is 1. The Morgan fingerprint density at radius 3 is 2.55 bits per heavy atom. The SMILES string of the molecule is CC(C)NCC(O)Cn1c(-c2ccccc2)c(C2CCCCC2)c2sc(C(=O)O)cc21. The maximum absolute atomic E-state index is 11.8. The van der Waals surface area contributed by atoms with E-state index in [0.29, 0.717) is 29.9 Å². The van der Waals surface area contributed by atoms with E-state index in [0.717, 1.165) is 34.3 Å². The summed E-state index contributed by atoms with van der Waals surface area (Å²) in [7, 11) is 0. The molecule has 0 aliphatic heterocycles. The summed E-state index contributed by atoms with van der Waals surface area (Å²) < 4.78 is 3.25. The van der Waals surface area contributed by atoms with Gasteiger partial charge in [0.1, 0.15) is 4.88 Å². The fourth-order valence-electron chi connectivity index (χ4n) is 4.77. The maximum atomic E-state index is 11.8. The van der Waals surface area contributed by atoms with Gasteiger partial charge in [0.2, 0.25) is 0 Å². The van der Waals surface area contributed by atoms with Crippen molar-refractivity contribution in [2.24, 2.45) is 0 Å². The smallest absolute Gasteiger partial charge is 0.345 e. The number of hydrogen-bond acceptors (Lipinski definition) is 4. The third-order valence-corrected chi connectivity index (χ3v) is 7.34. The van der Waals surface area contributed by atoms with E-state index in [4.69, 9.17) is 0 Å². The van der Waals surface area contributed by atoms with E-state index in [1.807, 2.05) is 18.2 Å². The molecule has 0 spiro atoms. The van der Waals surface area contributed by atoms with Crippen molar-refractivity contribution in [3.63, 3.8) is 0 Å². The number of nitrogens with zero attached hydrogens (tertiary/aromatic N) is 1. The Hall–Kier alpha value is -2.15. The van der Waals surface area contributed by atoms with E-state index in [9.17, 15) is 15.0 Å². The van der Waals surface area contributed by atoms with Crippen molar-refractivity contribution in [2.45, 2.75) is 70.6 Å². The van der Waals surface area contributed by atoms with Crippen LogP contribution in [0.3, 0.4) is 0 Å². The van der Waals surface area contributed by atoms with Crippen LogP contribution in [-0.4, -0.2) is 39.4 Å². The molecular formula is C25H32N2O3S. The summed E-state index contributed by atoms with van der Waals surface area (Å²) in [4.78, 5) is 12.1. The summed E-state index contributed by atoms with van der Waals surface area (Å²) in [5, 5.41) is 23.8. The van der Waals surface area contributed by atoms with Gasteiger partial charge in [-0.25, -0.2) is 4.79 Å². The van der Waals surface area contributed by atoms with E-state index < -0.39 is 12.1 Å². The molecule has 4 rings (SSSR count). The van der Waals surface area contributed by atoms with E-state index in [1.165, 1.54) is 36.2 Å². The van der Waals surface area contributed by atoms with Gasteiger partial charge in [-0.15, -0.1) is 11.3 Å². The van der Waals surface area contributed by atoms with E-state index in [2.05, 4.69) is 35.9 Å². The number of aromatic carboxylic acids is 1. The Kier molecular flexibility index (Phi) is 6.80. The molecule has 6 heteroatoms. The lowest BCUT2D eigenvalue weighted by atomic mass is 9.83. The molecule has 3 aromatic rings. The number of carboxylic acids is 1. The number of fused-ring (bicyclic) bond motifs is 1. The van der Waals surface area contributed by atoms with Crippen LogP contribution in [0.15, 0.2) is 36.4 Å². The minimum atomic E-state index is -0.884. The highest BCUT2D eigenvalue weighted by molar-refractivity contribution is 7.21. The van der Waals surface area contributed by atoms with Crippen molar-refractivity contribution in [3.8, 4) is 11.3 Å². The molecule has 3 N–H and O–H groups in total. The van der Waals surface area contributed by atoms with Gasteiger partial charge in [-0.3, -0.25) is 0 Å². The normalized spacial score (nSPS) is 16.3. The summed E-state index contributed by atoms with van der Waals surface area (Å²) >= 11 is 1.38. The van der Waals surface area contributed by atoms with Crippen molar-refractivity contribution in [1.29, 1.82) is 0 Å². The van der Waals surface area contributed by atoms with Crippen LogP contribution in [0.4, 0.5) is 0 Å².